The summed E-state index contributed by atoms with van der Waals surface area (Å²) in [4.78, 5) is 46.8. The first-order valence-electron chi connectivity index (χ1n) is 24.3. The molecule has 10 rings (SSSR count). The van der Waals surface area contributed by atoms with Gasteiger partial charge in [-0.1, -0.05) is 121 Å². The van der Waals surface area contributed by atoms with Crippen LogP contribution in [-0.2, 0) is 31.3 Å². The van der Waals surface area contributed by atoms with E-state index >= 15 is 0 Å². The molecule has 21 heteroatoms. The second-order valence-corrected chi connectivity index (χ2v) is 22.4. The molecule has 1 amide bonds. The first kappa shape index (κ1) is 50.4. The number of nitriles is 1. The Bertz CT molecular complexity index is 3210. The largest absolute Gasteiger partial charge is 0.394 e. The third kappa shape index (κ3) is 10.6. The van der Waals surface area contributed by atoms with Gasteiger partial charge in [-0.2, -0.15) is 5.26 Å². The standard InChI is InChI=1S/C53H55N14O5PS/c1-65(2)33-61-48-46-50(57-31-55-48)66(34-59-46)44-27-40(63-53(37-19-9-4-10-20-37,38-21-11-5-12-22-38)39-23-13-6-14-24-39)43(72-44)30-70-73(74,26-16-15-25-54)64-41-28-45(71-42(41)29-68)67-35-60-47-49(56-32-58-51(47)67)62-52(69)36-17-7-3-8-18-36/h3-14,17-24,31-35,40-45,63,68H,15-16,26-30H2,1-2H3,(H,64,74)(H,56,58,62,69)/b61-33-/t40-,41-,42-,43-,44-,45-,73?/m1/s1. The molecule has 4 aromatic carbocycles. The molecule has 2 saturated heterocycles. The molecule has 6 heterocycles. The van der Waals surface area contributed by atoms with Gasteiger partial charge in [-0.15, -0.1) is 0 Å². The fraction of sp³-hybridized carbons (Fsp3) is 0.302. The number of aliphatic hydroxyl groups is 1. The summed E-state index contributed by atoms with van der Waals surface area (Å²) in [6.07, 6.45) is 4.32. The summed E-state index contributed by atoms with van der Waals surface area (Å²) in [5.41, 5.74) is 4.63. The highest BCUT2D eigenvalue weighted by Crippen LogP contribution is 2.49. The number of aliphatic imine (C=N–C) groups is 1. The lowest BCUT2D eigenvalue weighted by Crippen LogP contribution is -2.53. The molecule has 0 saturated carbocycles. The molecule has 2 fully saturated rings. The quantitative estimate of drug-likeness (QED) is 0.0194. The maximum Gasteiger partial charge on any atom is 0.256 e. The number of aliphatic hydroxyl groups excluding tert-OH is 1. The minimum atomic E-state index is -3.02. The number of amides is 1. The van der Waals surface area contributed by atoms with E-state index in [0.29, 0.717) is 59.1 Å². The minimum absolute atomic E-state index is 0.0702. The zero-order valence-corrected chi connectivity index (χ0v) is 42.4. The maximum atomic E-state index is 13.1. The lowest BCUT2D eigenvalue weighted by Gasteiger charge is -2.40. The molecule has 0 bridgehead atoms. The van der Waals surface area contributed by atoms with Crippen LogP contribution in [0, 0.1) is 11.3 Å². The van der Waals surface area contributed by atoms with E-state index in [0.717, 1.165) is 16.7 Å². The Labute approximate surface area is 432 Å². The summed E-state index contributed by atoms with van der Waals surface area (Å²) in [5, 5.41) is 31.2. The SMILES string of the molecule is CN(C)/C=N\c1ncnc2c1ncn2[C@H]1C[C@@H](NC(c2ccccc2)(c2ccccc2)c2ccccc2)[C@@H](COP(=S)(CCCC#N)N[C@@H]2C[C@H](n3cnc4c(NC(=O)c5ccccc5)ncnc43)O[C@@H]2CO)O1. The molecule has 0 aliphatic carbocycles. The molecule has 0 radical (unpaired) electrons. The number of nitrogens with zero attached hydrogens (tertiary/aromatic N) is 11. The number of carbonyl (C=O) groups is 1. The summed E-state index contributed by atoms with van der Waals surface area (Å²) in [6, 6.07) is 41.4. The van der Waals surface area contributed by atoms with Crippen LogP contribution in [0.1, 0.15) is 65.2 Å². The van der Waals surface area contributed by atoms with Crippen molar-refractivity contribution < 1.29 is 23.9 Å². The van der Waals surface area contributed by atoms with Crippen LogP contribution in [-0.4, -0.2) is 119 Å². The molecule has 1 unspecified atom stereocenters. The zero-order valence-electron chi connectivity index (χ0n) is 40.7. The van der Waals surface area contributed by atoms with Crippen LogP contribution < -0.4 is 15.7 Å². The Kier molecular flexibility index (Phi) is 15.3. The highest BCUT2D eigenvalue weighted by atomic mass is 32.4. The van der Waals surface area contributed by atoms with Crippen molar-refractivity contribution in [3.63, 3.8) is 0 Å². The van der Waals surface area contributed by atoms with Gasteiger partial charge in [-0.3, -0.25) is 24.3 Å². The molecule has 4 N–H and O–H groups in total. The van der Waals surface area contributed by atoms with E-state index in [-0.39, 0.29) is 37.4 Å². The van der Waals surface area contributed by atoms with Crippen LogP contribution in [0.2, 0.25) is 0 Å². The number of hydrogen-bond donors (Lipinski definition) is 4. The number of unbranched alkanes of at least 4 members (excludes halogenated alkanes) is 1. The van der Waals surface area contributed by atoms with E-state index in [1.165, 1.54) is 12.7 Å². The van der Waals surface area contributed by atoms with Crippen LogP contribution in [0.5, 0.6) is 0 Å². The number of carbonyl (C=O) groups excluding carboxylic acids is 1. The van der Waals surface area contributed by atoms with Gasteiger partial charge in [0.15, 0.2) is 34.0 Å². The van der Waals surface area contributed by atoms with Gasteiger partial charge in [0, 0.05) is 57.2 Å². The smallest absolute Gasteiger partial charge is 0.256 e. The van der Waals surface area contributed by atoms with Crippen molar-refractivity contribution in [2.75, 3.05) is 38.8 Å². The van der Waals surface area contributed by atoms with E-state index < -0.39 is 42.7 Å². The molecule has 4 aromatic heterocycles. The Morgan fingerprint density at radius 3 is 1.96 bits per heavy atom. The van der Waals surface area contributed by atoms with Gasteiger partial charge in [0.25, 0.3) is 5.91 Å². The van der Waals surface area contributed by atoms with Gasteiger partial charge in [-0.25, -0.2) is 34.9 Å². The predicted molar refractivity (Wildman–Crippen MR) is 284 cm³/mol. The average molecular weight is 1030 g/mol. The second-order valence-electron chi connectivity index (χ2n) is 18.3. The maximum absolute atomic E-state index is 13.1. The molecule has 8 aromatic rings. The van der Waals surface area contributed by atoms with Crippen molar-refractivity contribution >= 4 is 64.4 Å². The van der Waals surface area contributed by atoms with Crippen molar-refractivity contribution in [1.82, 2.24) is 54.3 Å². The van der Waals surface area contributed by atoms with Crippen molar-refractivity contribution in [3.8, 4) is 6.07 Å². The fourth-order valence-corrected chi connectivity index (χ4v) is 12.8. The highest BCUT2D eigenvalue weighted by Gasteiger charge is 2.46. The van der Waals surface area contributed by atoms with E-state index in [1.54, 1.807) is 47.8 Å². The monoisotopic (exact) mass is 1030 g/mol. The molecular formula is C53H55N14O5PS. The van der Waals surface area contributed by atoms with Gasteiger partial charge in [0.2, 0.25) is 0 Å². The van der Waals surface area contributed by atoms with Crippen LogP contribution in [0.15, 0.2) is 152 Å². The lowest BCUT2D eigenvalue weighted by molar-refractivity contribution is -0.0252. The summed E-state index contributed by atoms with van der Waals surface area (Å²) in [6.45, 7) is -0.243. The van der Waals surface area contributed by atoms with E-state index in [9.17, 15) is 15.2 Å². The van der Waals surface area contributed by atoms with Gasteiger partial charge in [0.05, 0.1) is 56.0 Å². The summed E-state index contributed by atoms with van der Waals surface area (Å²) < 4.78 is 24.3. The molecule has 378 valence electrons. The molecule has 2 aliphatic rings. The third-order valence-corrected chi connectivity index (χ3v) is 16.6. The number of nitrogens with one attached hydrogen (secondary N) is 3. The second kappa shape index (κ2) is 22.5. The van der Waals surface area contributed by atoms with Gasteiger partial charge in [-0.05, 0) is 35.2 Å². The van der Waals surface area contributed by atoms with Gasteiger partial charge >= 0.3 is 0 Å². The number of rotatable bonds is 20. The summed E-state index contributed by atoms with van der Waals surface area (Å²) in [5.74, 6) is 0.347. The molecular weight excluding hydrogens is 976 g/mol. The van der Waals surface area contributed by atoms with Crippen molar-refractivity contribution in [2.24, 2.45) is 4.99 Å². The Balaban J connectivity index is 0.962. The molecule has 0 spiro atoms. The molecule has 7 atom stereocenters. The summed E-state index contributed by atoms with van der Waals surface area (Å²) >= 11 is 6.53. The van der Waals surface area contributed by atoms with Crippen molar-refractivity contribution in [1.29, 1.82) is 5.26 Å². The number of hydrogen-bond acceptors (Lipinski definition) is 15. The van der Waals surface area contributed by atoms with E-state index in [2.05, 4.69) is 88.1 Å². The summed E-state index contributed by atoms with van der Waals surface area (Å²) in [7, 11) is 3.77. The van der Waals surface area contributed by atoms with Crippen LogP contribution in [0.25, 0.3) is 22.3 Å². The average Bonchev–Trinajstić information content (AvgIpc) is 4.26. The van der Waals surface area contributed by atoms with Gasteiger partial charge < -0.3 is 29.3 Å². The Hall–Kier alpha value is -7.18. The topological polar surface area (TPSA) is 228 Å². The van der Waals surface area contributed by atoms with Crippen LogP contribution in [0.3, 0.4) is 0 Å². The fourth-order valence-electron chi connectivity index (χ4n) is 9.72. The number of benzene rings is 4. The zero-order chi connectivity index (χ0) is 51.1. The van der Waals surface area contributed by atoms with E-state index in [4.69, 9.17) is 30.8 Å². The molecule has 19 nitrogen and oxygen atoms in total. The normalized spacial score (nSPS) is 20.7. The van der Waals surface area contributed by atoms with Crippen LogP contribution >= 0.6 is 6.42 Å². The Morgan fingerprint density at radius 1 is 0.811 bits per heavy atom. The predicted octanol–water partition coefficient (Wildman–Crippen LogP) is 7.25. The van der Waals surface area contributed by atoms with Crippen LogP contribution in [0.4, 0.5) is 11.6 Å². The number of fused-ring (bicyclic) bond motifs is 2. The first-order valence-corrected chi connectivity index (χ1v) is 27.2. The third-order valence-electron chi connectivity index (χ3n) is 13.2. The number of aromatic nitrogens is 8. The van der Waals surface area contributed by atoms with Gasteiger partial charge in [0.1, 0.15) is 31.5 Å². The molecule has 2 aliphatic heterocycles. The molecule has 74 heavy (non-hydrogen) atoms. The highest BCUT2D eigenvalue weighted by molar-refractivity contribution is 8.11. The van der Waals surface area contributed by atoms with E-state index in [1.807, 2.05) is 84.2 Å². The first-order chi connectivity index (χ1) is 36.2. The van der Waals surface area contributed by atoms with Crippen molar-refractivity contribution in [2.45, 2.75) is 68.0 Å². The van der Waals surface area contributed by atoms with Crippen molar-refractivity contribution in [3.05, 3.63) is 169 Å². The minimum Gasteiger partial charge on any atom is -0.394 e. The number of ether oxygens (including phenoxy) is 2. The number of imidazole rings is 2. The lowest BCUT2D eigenvalue weighted by atomic mass is 9.76. The number of anilines is 1. The Morgan fingerprint density at radius 2 is 1.36 bits per heavy atom.